The van der Waals surface area contributed by atoms with Crippen molar-refractivity contribution in [3.63, 3.8) is 0 Å². The van der Waals surface area contributed by atoms with E-state index in [1.54, 1.807) is 0 Å². The van der Waals surface area contributed by atoms with Gasteiger partial charge in [-0.1, -0.05) is 0 Å². The quantitative estimate of drug-likeness (QED) is 0.629. The summed E-state index contributed by atoms with van der Waals surface area (Å²) in [5, 5.41) is 10.6. The van der Waals surface area contributed by atoms with Crippen molar-refractivity contribution in [1.82, 2.24) is 0 Å². The van der Waals surface area contributed by atoms with E-state index < -0.39 is 10.7 Å². The van der Waals surface area contributed by atoms with Crippen LogP contribution in [0.3, 0.4) is 0 Å². The highest BCUT2D eigenvalue weighted by molar-refractivity contribution is 9.10. The summed E-state index contributed by atoms with van der Waals surface area (Å²) in [6.07, 6.45) is 1.83. The molecular weight excluding hydrogens is 269 g/mol. The number of nitro benzene ring substituents is 1. The molecule has 1 aromatic rings. The van der Waals surface area contributed by atoms with E-state index in [9.17, 15) is 14.5 Å². The van der Waals surface area contributed by atoms with Crippen LogP contribution in [-0.2, 0) is 0 Å². The molecule has 4 nitrogen and oxygen atoms in total. The van der Waals surface area contributed by atoms with Crippen LogP contribution in [-0.4, -0.2) is 11.0 Å². The molecule has 0 radical (unpaired) electrons. The fourth-order valence-electron chi connectivity index (χ4n) is 1.12. The molecule has 0 aliphatic heterocycles. The van der Waals surface area contributed by atoms with E-state index >= 15 is 0 Å². The van der Waals surface area contributed by atoms with Crippen LogP contribution >= 0.6 is 15.9 Å². The summed E-state index contributed by atoms with van der Waals surface area (Å²) in [5.41, 5.74) is -0.331. The second-order valence-corrected chi connectivity index (χ2v) is 4.16. The Hall–Kier alpha value is -1.17. The van der Waals surface area contributed by atoms with Gasteiger partial charge in [-0.2, -0.15) is 0 Å². The van der Waals surface area contributed by atoms with Crippen molar-refractivity contribution in [3.8, 4) is 5.75 Å². The first kappa shape index (κ1) is 10.4. The maximum Gasteiger partial charge on any atom is 0.313 e. The van der Waals surface area contributed by atoms with Gasteiger partial charge in [-0.15, -0.1) is 0 Å². The molecule has 15 heavy (non-hydrogen) atoms. The zero-order chi connectivity index (χ0) is 11.0. The molecule has 0 unspecified atom stereocenters. The van der Waals surface area contributed by atoms with E-state index in [4.69, 9.17) is 4.74 Å². The number of ether oxygens (including phenoxy) is 1. The standard InChI is InChI=1S/C9H7BrFNO3/c10-6-3-9(15-5-1-2-5)8(12(13)14)4-7(6)11/h3-5H,1-2H2. The van der Waals surface area contributed by atoms with Gasteiger partial charge in [0.2, 0.25) is 0 Å². The van der Waals surface area contributed by atoms with Crippen LogP contribution in [0.5, 0.6) is 5.75 Å². The predicted octanol–water partition coefficient (Wildman–Crippen LogP) is 3.04. The zero-order valence-electron chi connectivity index (χ0n) is 7.57. The predicted molar refractivity (Wildman–Crippen MR) is 54.4 cm³/mol. The van der Waals surface area contributed by atoms with Gasteiger partial charge in [-0.25, -0.2) is 4.39 Å². The average molecular weight is 276 g/mol. The normalized spacial score (nSPS) is 15.1. The molecule has 1 aromatic carbocycles. The lowest BCUT2D eigenvalue weighted by molar-refractivity contribution is -0.386. The number of nitrogens with zero attached hydrogens (tertiary/aromatic N) is 1. The van der Waals surface area contributed by atoms with Gasteiger partial charge in [0.15, 0.2) is 5.75 Å². The van der Waals surface area contributed by atoms with E-state index in [1.165, 1.54) is 6.07 Å². The molecule has 0 bridgehead atoms. The molecule has 0 amide bonds. The minimum absolute atomic E-state index is 0.0426. The van der Waals surface area contributed by atoms with Crippen molar-refractivity contribution < 1.29 is 14.1 Å². The molecule has 2 rings (SSSR count). The Bertz CT molecular complexity index is 420. The molecule has 6 heteroatoms. The minimum Gasteiger partial charge on any atom is -0.483 e. The SMILES string of the molecule is O=[N+]([O-])c1cc(F)c(Br)cc1OC1CC1. The third-order valence-corrected chi connectivity index (χ3v) is 2.62. The first-order chi connectivity index (χ1) is 7.08. The summed E-state index contributed by atoms with van der Waals surface area (Å²) in [6, 6.07) is 2.16. The maximum atomic E-state index is 13.1. The molecule has 1 fully saturated rings. The van der Waals surface area contributed by atoms with Gasteiger partial charge in [0.05, 0.1) is 21.6 Å². The van der Waals surface area contributed by atoms with Crippen LogP contribution in [0.4, 0.5) is 10.1 Å². The van der Waals surface area contributed by atoms with Gasteiger partial charge in [0, 0.05) is 6.07 Å². The summed E-state index contributed by atoms with van der Waals surface area (Å²) < 4.78 is 18.6. The van der Waals surface area contributed by atoms with Crippen molar-refractivity contribution in [1.29, 1.82) is 0 Å². The first-order valence-electron chi connectivity index (χ1n) is 4.38. The molecule has 0 aromatic heterocycles. The van der Waals surface area contributed by atoms with Gasteiger partial charge in [-0.3, -0.25) is 10.1 Å². The van der Waals surface area contributed by atoms with Crippen LogP contribution in [0, 0.1) is 15.9 Å². The number of hydrogen-bond acceptors (Lipinski definition) is 3. The summed E-state index contributed by atoms with van der Waals surface area (Å²) in [7, 11) is 0. The Labute approximate surface area is 93.3 Å². The van der Waals surface area contributed by atoms with Crippen LogP contribution in [0.25, 0.3) is 0 Å². The number of halogens is 2. The largest absolute Gasteiger partial charge is 0.483 e. The van der Waals surface area contributed by atoms with Crippen molar-refractivity contribution in [3.05, 3.63) is 32.5 Å². The molecule has 0 heterocycles. The summed E-state index contributed by atoms with van der Waals surface area (Å²) in [6.45, 7) is 0. The molecule has 0 saturated heterocycles. The lowest BCUT2D eigenvalue weighted by Crippen LogP contribution is -2.01. The zero-order valence-corrected chi connectivity index (χ0v) is 9.16. The van der Waals surface area contributed by atoms with Crippen molar-refractivity contribution in [2.75, 3.05) is 0 Å². The summed E-state index contributed by atoms with van der Waals surface area (Å²) in [4.78, 5) is 9.99. The molecular formula is C9H7BrFNO3. The minimum atomic E-state index is -0.662. The Morgan fingerprint density at radius 1 is 1.53 bits per heavy atom. The Kier molecular flexibility index (Phi) is 2.60. The van der Waals surface area contributed by atoms with Crippen LogP contribution in [0.1, 0.15) is 12.8 Å². The number of hydrogen-bond donors (Lipinski definition) is 0. The highest BCUT2D eigenvalue weighted by atomic mass is 79.9. The van der Waals surface area contributed by atoms with Crippen LogP contribution in [0.15, 0.2) is 16.6 Å². The van der Waals surface area contributed by atoms with E-state index in [2.05, 4.69) is 15.9 Å². The smallest absolute Gasteiger partial charge is 0.313 e. The van der Waals surface area contributed by atoms with E-state index in [-0.39, 0.29) is 22.0 Å². The van der Waals surface area contributed by atoms with Gasteiger partial charge in [0.1, 0.15) is 5.82 Å². The maximum absolute atomic E-state index is 13.1. The van der Waals surface area contributed by atoms with Crippen LogP contribution < -0.4 is 4.74 Å². The van der Waals surface area contributed by atoms with E-state index in [0.29, 0.717) is 0 Å². The number of benzene rings is 1. The fourth-order valence-corrected chi connectivity index (χ4v) is 1.44. The molecule has 80 valence electrons. The summed E-state index contributed by atoms with van der Waals surface area (Å²) in [5.74, 6) is -0.541. The molecule has 1 aliphatic carbocycles. The summed E-state index contributed by atoms with van der Waals surface area (Å²) >= 11 is 2.96. The first-order valence-corrected chi connectivity index (χ1v) is 5.17. The second-order valence-electron chi connectivity index (χ2n) is 3.31. The fraction of sp³-hybridized carbons (Fsp3) is 0.333. The molecule has 0 N–H and O–H groups in total. The van der Waals surface area contributed by atoms with Gasteiger partial charge in [0.25, 0.3) is 0 Å². The Morgan fingerprint density at radius 3 is 2.73 bits per heavy atom. The topological polar surface area (TPSA) is 52.4 Å². The average Bonchev–Trinajstić information content (AvgIpc) is 2.94. The van der Waals surface area contributed by atoms with E-state index in [0.717, 1.165) is 18.9 Å². The number of nitro groups is 1. The highest BCUT2D eigenvalue weighted by Crippen LogP contribution is 2.36. The molecule has 0 atom stereocenters. The van der Waals surface area contributed by atoms with Gasteiger partial charge < -0.3 is 4.74 Å². The lowest BCUT2D eigenvalue weighted by atomic mass is 10.3. The second kappa shape index (κ2) is 3.77. The highest BCUT2D eigenvalue weighted by Gasteiger charge is 2.28. The molecule has 1 saturated carbocycles. The van der Waals surface area contributed by atoms with E-state index in [1.807, 2.05) is 0 Å². The van der Waals surface area contributed by atoms with Gasteiger partial charge in [-0.05, 0) is 28.8 Å². The van der Waals surface area contributed by atoms with Crippen molar-refractivity contribution in [2.24, 2.45) is 0 Å². The third-order valence-electron chi connectivity index (χ3n) is 2.02. The van der Waals surface area contributed by atoms with Gasteiger partial charge >= 0.3 is 5.69 Å². The lowest BCUT2D eigenvalue weighted by Gasteiger charge is -2.05. The molecule has 0 spiro atoms. The number of rotatable bonds is 3. The third kappa shape index (κ3) is 2.26. The Morgan fingerprint density at radius 2 is 2.20 bits per heavy atom. The Balaban J connectivity index is 2.39. The van der Waals surface area contributed by atoms with Crippen molar-refractivity contribution in [2.45, 2.75) is 18.9 Å². The van der Waals surface area contributed by atoms with Crippen LogP contribution in [0.2, 0.25) is 0 Å². The monoisotopic (exact) mass is 275 g/mol. The molecule has 1 aliphatic rings. The van der Waals surface area contributed by atoms with Crippen molar-refractivity contribution >= 4 is 21.6 Å².